The van der Waals surface area contributed by atoms with Crippen LogP contribution in [-0.4, -0.2) is 28.9 Å². The van der Waals surface area contributed by atoms with Crippen LogP contribution in [-0.2, 0) is 4.79 Å². The lowest BCUT2D eigenvalue weighted by Crippen LogP contribution is -2.33. The molecule has 1 N–H and O–H groups in total. The highest BCUT2D eigenvalue weighted by molar-refractivity contribution is 6.32. The van der Waals surface area contributed by atoms with Crippen molar-refractivity contribution in [1.29, 1.82) is 0 Å². The number of carbonyl (C=O) groups excluding carboxylic acids is 1. The van der Waals surface area contributed by atoms with Crippen molar-refractivity contribution in [2.75, 3.05) is 12.4 Å². The van der Waals surface area contributed by atoms with Crippen molar-refractivity contribution < 1.29 is 18.7 Å². The topological polar surface area (TPSA) is 82.5 Å². The second-order valence-corrected chi connectivity index (χ2v) is 6.66. The lowest BCUT2D eigenvalue weighted by Gasteiger charge is -2.17. The van der Waals surface area contributed by atoms with Crippen molar-refractivity contribution >= 4 is 23.2 Å². The highest BCUT2D eigenvalue weighted by atomic mass is 35.5. The van der Waals surface area contributed by atoms with E-state index in [2.05, 4.69) is 10.4 Å². The van der Waals surface area contributed by atoms with Gasteiger partial charge in [0.2, 0.25) is 5.88 Å². The molecule has 2 aromatic carbocycles. The molecule has 0 bridgehead atoms. The SMILES string of the molecule is CC[C@@H](Oc1ccc(=O)n(-c2ccc(F)cc2)n1)C(=O)Nc1ccc(OC)c(Cl)c1. The molecule has 0 fully saturated rings. The second-order valence-electron chi connectivity index (χ2n) is 6.25. The van der Waals surface area contributed by atoms with Crippen LogP contribution in [0.25, 0.3) is 5.69 Å². The van der Waals surface area contributed by atoms with Crippen LogP contribution in [0.15, 0.2) is 59.4 Å². The number of halogens is 2. The Balaban J connectivity index is 1.77. The third-order valence-electron chi connectivity index (χ3n) is 4.19. The van der Waals surface area contributed by atoms with E-state index in [0.717, 1.165) is 4.68 Å². The van der Waals surface area contributed by atoms with Crippen molar-refractivity contribution in [2.24, 2.45) is 0 Å². The van der Waals surface area contributed by atoms with Crippen LogP contribution >= 0.6 is 11.6 Å². The number of benzene rings is 2. The smallest absolute Gasteiger partial charge is 0.271 e. The Morgan fingerprint density at radius 1 is 1.20 bits per heavy atom. The quantitative estimate of drug-likeness (QED) is 0.614. The Hall–Kier alpha value is -3.39. The first-order chi connectivity index (χ1) is 14.4. The normalized spacial score (nSPS) is 11.6. The fraction of sp³-hybridized carbons (Fsp3) is 0.190. The van der Waals surface area contributed by atoms with Crippen LogP contribution in [0.5, 0.6) is 11.6 Å². The number of amides is 1. The van der Waals surface area contributed by atoms with Crippen LogP contribution in [0.2, 0.25) is 5.02 Å². The van der Waals surface area contributed by atoms with E-state index in [1.807, 2.05) is 0 Å². The van der Waals surface area contributed by atoms with E-state index in [-0.39, 0.29) is 5.88 Å². The van der Waals surface area contributed by atoms with Crippen molar-refractivity contribution in [1.82, 2.24) is 9.78 Å². The fourth-order valence-electron chi connectivity index (χ4n) is 2.66. The number of ether oxygens (including phenoxy) is 2. The molecule has 7 nitrogen and oxygen atoms in total. The van der Waals surface area contributed by atoms with Crippen LogP contribution in [0, 0.1) is 5.82 Å². The van der Waals surface area contributed by atoms with E-state index in [9.17, 15) is 14.0 Å². The molecular formula is C21H19ClFN3O4. The number of carbonyl (C=O) groups is 1. The first-order valence-corrected chi connectivity index (χ1v) is 9.46. The third-order valence-corrected chi connectivity index (χ3v) is 4.49. The van der Waals surface area contributed by atoms with Gasteiger partial charge in [-0.05, 0) is 48.9 Å². The number of hydrogen-bond donors (Lipinski definition) is 1. The second kappa shape index (κ2) is 9.41. The molecule has 0 aliphatic heterocycles. The fourth-order valence-corrected chi connectivity index (χ4v) is 2.92. The summed E-state index contributed by atoms with van der Waals surface area (Å²) < 4.78 is 25.0. The Bertz CT molecular complexity index is 1100. The predicted octanol–water partition coefficient (Wildman–Crippen LogP) is 3.83. The van der Waals surface area contributed by atoms with Crippen LogP contribution in [0.3, 0.4) is 0 Å². The zero-order chi connectivity index (χ0) is 21.7. The van der Waals surface area contributed by atoms with E-state index in [4.69, 9.17) is 21.1 Å². The van der Waals surface area contributed by atoms with Gasteiger partial charge >= 0.3 is 0 Å². The molecule has 156 valence electrons. The number of nitrogens with zero attached hydrogens (tertiary/aromatic N) is 2. The Morgan fingerprint density at radius 2 is 1.93 bits per heavy atom. The molecule has 1 aromatic heterocycles. The van der Waals surface area contributed by atoms with Gasteiger partial charge in [0.15, 0.2) is 6.10 Å². The molecule has 9 heteroatoms. The van der Waals surface area contributed by atoms with Gasteiger partial charge in [-0.3, -0.25) is 9.59 Å². The summed E-state index contributed by atoms with van der Waals surface area (Å²) in [5.74, 6) is -0.264. The van der Waals surface area contributed by atoms with E-state index >= 15 is 0 Å². The average molecular weight is 432 g/mol. The summed E-state index contributed by atoms with van der Waals surface area (Å²) in [6, 6.07) is 12.8. The molecule has 1 heterocycles. The van der Waals surface area contributed by atoms with Gasteiger partial charge < -0.3 is 14.8 Å². The van der Waals surface area contributed by atoms with Gasteiger partial charge in [0.1, 0.15) is 11.6 Å². The standard InChI is InChI=1S/C21H19ClFN3O4/c1-3-17(21(28)24-14-6-9-18(29-2)16(22)12-14)30-19-10-11-20(27)26(25-19)15-7-4-13(23)5-8-15/h4-12,17H,3H2,1-2H3,(H,24,28)/t17-/m1/s1. The summed E-state index contributed by atoms with van der Waals surface area (Å²) in [6.45, 7) is 1.78. The summed E-state index contributed by atoms with van der Waals surface area (Å²) in [5, 5.41) is 7.21. The lowest BCUT2D eigenvalue weighted by atomic mass is 10.2. The van der Waals surface area contributed by atoms with Gasteiger partial charge in [0.05, 0.1) is 17.8 Å². The number of hydrogen-bond acceptors (Lipinski definition) is 5. The minimum Gasteiger partial charge on any atom is -0.495 e. The highest BCUT2D eigenvalue weighted by Gasteiger charge is 2.20. The Morgan fingerprint density at radius 3 is 2.57 bits per heavy atom. The van der Waals surface area contributed by atoms with Crippen molar-refractivity contribution in [3.8, 4) is 17.3 Å². The number of rotatable bonds is 7. The van der Waals surface area contributed by atoms with Crippen LogP contribution in [0.4, 0.5) is 10.1 Å². The number of anilines is 1. The zero-order valence-electron chi connectivity index (χ0n) is 16.3. The van der Waals surface area contributed by atoms with Gasteiger partial charge in [-0.2, -0.15) is 4.68 Å². The molecule has 0 saturated heterocycles. The maximum absolute atomic E-state index is 13.1. The first-order valence-electron chi connectivity index (χ1n) is 9.08. The Labute approximate surface area is 177 Å². The first kappa shape index (κ1) is 21.3. The monoisotopic (exact) mass is 431 g/mol. The molecule has 0 unspecified atom stereocenters. The minimum atomic E-state index is -0.863. The van der Waals surface area contributed by atoms with Gasteiger partial charge in [-0.1, -0.05) is 18.5 Å². The van der Waals surface area contributed by atoms with Crippen molar-refractivity contribution in [3.05, 3.63) is 75.8 Å². The lowest BCUT2D eigenvalue weighted by molar-refractivity contribution is -0.123. The zero-order valence-corrected chi connectivity index (χ0v) is 17.0. The number of nitrogens with one attached hydrogen (secondary N) is 1. The summed E-state index contributed by atoms with van der Waals surface area (Å²) in [6.07, 6.45) is -0.509. The van der Waals surface area contributed by atoms with E-state index in [1.165, 1.54) is 43.5 Å². The van der Waals surface area contributed by atoms with Crippen LogP contribution < -0.4 is 20.3 Å². The molecule has 30 heavy (non-hydrogen) atoms. The van der Waals surface area contributed by atoms with Crippen molar-refractivity contribution in [2.45, 2.75) is 19.4 Å². The molecule has 0 radical (unpaired) electrons. The number of methoxy groups -OCH3 is 1. The Kier molecular flexibility index (Phi) is 6.68. The summed E-state index contributed by atoms with van der Waals surface area (Å²) >= 11 is 6.08. The summed E-state index contributed by atoms with van der Waals surface area (Å²) in [7, 11) is 1.50. The molecule has 3 aromatic rings. The van der Waals surface area contributed by atoms with E-state index in [1.54, 1.807) is 25.1 Å². The molecule has 0 saturated carbocycles. The van der Waals surface area contributed by atoms with Gasteiger partial charge in [-0.25, -0.2) is 4.39 Å². The predicted molar refractivity (Wildman–Crippen MR) is 111 cm³/mol. The van der Waals surface area contributed by atoms with Gasteiger partial charge in [-0.15, -0.1) is 5.10 Å². The summed E-state index contributed by atoms with van der Waals surface area (Å²) in [5.41, 5.74) is 0.439. The largest absolute Gasteiger partial charge is 0.495 e. The van der Waals surface area contributed by atoms with Crippen molar-refractivity contribution in [3.63, 3.8) is 0 Å². The molecule has 0 aliphatic rings. The minimum absolute atomic E-state index is 0.0775. The molecular weight excluding hydrogens is 413 g/mol. The average Bonchev–Trinajstić information content (AvgIpc) is 2.74. The van der Waals surface area contributed by atoms with E-state index < -0.39 is 23.4 Å². The maximum atomic E-state index is 13.1. The number of aromatic nitrogens is 2. The summed E-state index contributed by atoms with van der Waals surface area (Å²) in [4.78, 5) is 24.7. The molecule has 3 rings (SSSR count). The van der Waals surface area contributed by atoms with E-state index in [0.29, 0.717) is 28.6 Å². The maximum Gasteiger partial charge on any atom is 0.271 e. The third kappa shape index (κ3) is 4.96. The van der Waals surface area contributed by atoms with Gasteiger partial charge in [0, 0.05) is 17.8 Å². The molecule has 0 spiro atoms. The van der Waals surface area contributed by atoms with Gasteiger partial charge in [0.25, 0.3) is 11.5 Å². The molecule has 1 atom stereocenters. The highest BCUT2D eigenvalue weighted by Crippen LogP contribution is 2.27. The molecule has 1 amide bonds. The van der Waals surface area contributed by atoms with Crippen LogP contribution in [0.1, 0.15) is 13.3 Å². The molecule has 0 aliphatic carbocycles.